The number of unbranched alkanes of at least 4 members (excludes halogenated alkanes) is 23. The van der Waals surface area contributed by atoms with E-state index < -0.39 is 91.5 Å². The third-order valence-corrected chi connectivity index (χ3v) is 15.9. The van der Waals surface area contributed by atoms with E-state index in [-0.39, 0.29) is 19.3 Å². The summed E-state index contributed by atoms with van der Waals surface area (Å²) in [5.74, 6) is -1.61. The van der Waals surface area contributed by atoms with E-state index >= 15 is 0 Å². The van der Waals surface area contributed by atoms with Crippen LogP contribution in [0, 0.1) is 0 Å². The van der Waals surface area contributed by atoms with E-state index in [0.29, 0.717) is 19.3 Å². The normalized spacial score (nSPS) is 14.9. The second-order valence-electron chi connectivity index (χ2n) is 22.6. The third-order valence-electron chi connectivity index (χ3n) is 14.0. The summed E-state index contributed by atoms with van der Waals surface area (Å²) in [5, 5.41) is 20.5. The Kier molecular flexibility index (Phi) is 61.6. The van der Waals surface area contributed by atoms with Crippen LogP contribution in [0.4, 0.5) is 0 Å². The highest BCUT2D eigenvalue weighted by Crippen LogP contribution is 2.45. The highest BCUT2D eigenvalue weighted by molar-refractivity contribution is 7.47. The van der Waals surface area contributed by atoms with Crippen LogP contribution >= 0.6 is 15.6 Å². The van der Waals surface area contributed by atoms with E-state index in [1.807, 2.05) is 0 Å². The molecule has 0 saturated heterocycles. The van der Waals surface area contributed by atoms with Gasteiger partial charge < -0.3 is 34.2 Å². The minimum absolute atomic E-state index is 0.104. The predicted octanol–water partition coefficient (Wildman–Crippen LogP) is 18.9. The molecule has 89 heavy (non-hydrogen) atoms. The molecule has 512 valence electrons. The molecule has 0 aromatic carbocycles. The Morgan fingerprint density at radius 1 is 0.326 bits per heavy atom. The lowest BCUT2D eigenvalue weighted by atomic mass is 10.0. The number of aliphatic hydroxyl groups excluding tert-OH is 2. The monoisotopic (exact) mass is 1290 g/mol. The lowest BCUT2D eigenvalue weighted by Crippen LogP contribution is -2.30. The Balaban J connectivity index is 4.62. The maximum Gasteiger partial charge on any atom is 0.472 e. The number of carbonyl (C=O) groups excluding carboxylic acids is 3. The molecule has 0 spiro atoms. The maximum atomic E-state index is 12.9. The van der Waals surface area contributed by atoms with Gasteiger partial charge in [0.1, 0.15) is 25.4 Å². The number of carbonyl (C=O) groups is 3. The third kappa shape index (κ3) is 65.5. The summed E-state index contributed by atoms with van der Waals surface area (Å²) < 4.78 is 60.8. The van der Waals surface area contributed by atoms with Gasteiger partial charge in [0.2, 0.25) is 0 Å². The molecule has 18 heteroatoms. The standard InChI is InChI=1S/C71H122O16P2/c1-4-7-10-13-16-19-22-25-27-29-30-31-32-33-34-36-38-40-42-45-48-51-54-57-69(74)81-60-66(72)61-83-88(77,78)84-62-67(73)63-85-89(79,80)86-65-68(87-71(76)59-56-53-50-47-44-39-24-21-18-15-12-9-6-3)64-82-70(75)58-55-52-49-46-43-41-37-35-28-26-23-20-17-14-11-8-5-2/h7-8,10-11,16-17,19-20,25-28,30-31,33-34,38,40,66-68,72-73H,4-6,9,12-15,18,21-24,29,32,35-37,39,41-65H2,1-3H3,(H,77,78)(H,79,80)/b10-7-,11-8-,19-16-,20-17-,27-25-,28-26-,31-30-,34-33-,40-38-. The van der Waals surface area contributed by atoms with Gasteiger partial charge in [0.25, 0.3) is 0 Å². The van der Waals surface area contributed by atoms with Crippen molar-refractivity contribution in [3.05, 3.63) is 109 Å². The van der Waals surface area contributed by atoms with Gasteiger partial charge in [-0.2, -0.15) is 0 Å². The highest BCUT2D eigenvalue weighted by atomic mass is 31.2. The first kappa shape index (κ1) is 85.2. The zero-order chi connectivity index (χ0) is 65.3. The van der Waals surface area contributed by atoms with Crippen LogP contribution in [0.5, 0.6) is 0 Å². The van der Waals surface area contributed by atoms with Crippen molar-refractivity contribution in [3.8, 4) is 0 Å². The average Bonchev–Trinajstić information content (AvgIpc) is 3.72. The van der Waals surface area contributed by atoms with Gasteiger partial charge in [-0.25, -0.2) is 9.13 Å². The number of rotatable bonds is 64. The highest BCUT2D eigenvalue weighted by Gasteiger charge is 2.29. The lowest BCUT2D eigenvalue weighted by Gasteiger charge is -2.21. The van der Waals surface area contributed by atoms with Gasteiger partial charge in [0.15, 0.2) is 6.10 Å². The molecular weight excluding hydrogens is 1170 g/mol. The number of allylic oxidation sites excluding steroid dienone is 18. The van der Waals surface area contributed by atoms with E-state index in [0.717, 1.165) is 154 Å². The van der Waals surface area contributed by atoms with Crippen molar-refractivity contribution < 1.29 is 75.8 Å². The summed E-state index contributed by atoms with van der Waals surface area (Å²) in [6.07, 6.45) is 71.4. The van der Waals surface area contributed by atoms with Gasteiger partial charge in [-0.15, -0.1) is 0 Å². The molecule has 0 aliphatic heterocycles. The van der Waals surface area contributed by atoms with Crippen molar-refractivity contribution in [1.82, 2.24) is 0 Å². The number of ether oxygens (including phenoxy) is 3. The first-order valence-corrected chi connectivity index (χ1v) is 37.2. The van der Waals surface area contributed by atoms with Crippen molar-refractivity contribution >= 4 is 33.6 Å². The quantitative estimate of drug-likeness (QED) is 0.0146. The molecule has 0 aliphatic rings. The van der Waals surface area contributed by atoms with Crippen molar-refractivity contribution in [2.24, 2.45) is 0 Å². The summed E-state index contributed by atoms with van der Waals surface area (Å²) in [7, 11) is -9.78. The van der Waals surface area contributed by atoms with Crippen LogP contribution in [0.25, 0.3) is 0 Å². The molecule has 0 rings (SSSR count). The molecule has 0 saturated carbocycles. The summed E-state index contributed by atoms with van der Waals surface area (Å²) in [4.78, 5) is 58.3. The van der Waals surface area contributed by atoms with Crippen molar-refractivity contribution in [2.75, 3.05) is 39.6 Å². The van der Waals surface area contributed by atoms with Crippen molar-refractivity contribution in [1.29, 1.82) is 0 Å². The number of phosphoric acid groups is 2. The minimum Gasteiger partial charge on any atom is -0.463 e. The topological polar surface area (TPSA) is 231 Å². The zero-order valence-corrected chi connectivity index (χ0v) is 57.1. The van der Waals surface area contributed by atoms with E-state index in [2.05, 4.69) is 130 Å². The molecular formula is C71H122O16P2. The first-order chi connectivity index (χ1) is 43.2. The van der Waals surface area contributed by atoms with Crippen LogP contribution in [0.15, 0.2) is 109 Å². The van der Waals surface area contributed by atoms with Gasteiger partial charge in [0.05, 0.1) is 26.4 Å². The minimum atomic E-state index is -4.92. The molecule has 0 fully saturated rings. The van der Waals surface area contributed by atoms with Crippen LogP contribution < -0.4 is 0 Å². The fourth-order valence-electron chi connectivity index (χ4n) is 8.82. The smallest absolute Gasteiger partial charge is 0.463 e. The van der Waals surface area contributed by atoms with E-state index in [9.17, 15) is 43.5 Å². The van der Waals surface area contributed by atoms with Crippen molar-refractivity contribution in [2.45, 2.75) is 283 Å². The summed E-state index contributed by atoms with van der Waals surface area (Å²) >= 11 is 0. The molecule has 0 radical (unpaired) electrons. The molecule has 0 bridgehead atoms. The number of hydrogen-bond acceptors (Lipinski definition) is 14. The fourth-order valence-corrected chi connectivity index (χ4v) is 10.4. The Morgan fingerprint density at radius 3 is 0.944 bits per heavy atom. The van der Waals surface area contributed by atoms with E-state index in [1.54, 1.807) is 0 Å². The molecule has 5 atom stereocenters. The number of aliphatic hydroxyl groups is 2. The molecule has 5 unspecified atom stereocenters. The summed E-state index contributed by atoms with van der Waals surface area (Å²) in [5.41, 5.74) is 0. The van der Waals surface area contributed by atoms with E-state index in [4.69, 9.17) is 32.3 Å². The molecule has 0 amide bonds. The van der Waals surface area contributed by atoms with Crippen LogP contribution in [0.3, 0.4) is 0 Å². The van der Waals surface area contributed by atoms with Gasteiger partial charge in [-0.1, -0.05) is 252 Å². The Labute approximate surface area is 539 Å². The average molecular weight is 1290 g/mol. The Morgan fingerprint density at radius 2 is 0.596 bits per heavy atom. The van der Waals surface area contributed by atoms with Gasteiger partial charge in [0, 0.05) is 19.3 Å². The fraction of sp³-hybridized carbons (Fsp3) is 0.704. The van der Waals surface area contributed by atoms with Gasteiger partial charge >= 0.3 is 33.6 Å². The van der Waals surface area contributed by atoms with Crippen LogP contribution in [0.1, 0.15) is 265 Å². The molecule has 0 aliphatic carbocycles. The van der Waals surface area contributed by atoms with Crippen LogP contribution in [-0.4, -0.2) is 95.9 Å². The maximum absolute atomic E-state index is 12.9. The Bertz CT molecular complexity index is 2060. The molecule has 0 heterocycles. The van der Waals surface area contributed by atoms with Crippen LogP contribution in [0.2, 0.25) is 0 Å². The van der Waals surface area contributed by atoms with Crippen molar-refractivity contribution in [3.63, 3.8) is 0 Å². The molecule has 16 nitrogen and oxygen atoms in total. The predicted molar refractivity (Wildman–Crippen MR) is 362 cm³/mol. The SMILES string of the molecule is CC/C=C\C/C=C\C/C=C\C/C=C\C/C=C\C/C=C\CCCCCCC(=O)OCC(O)COP(=O)(O)OCC(O)COP(=O)(O)OCC(COC(=O)CCCCCCCCC/C=C\C/C=C\C/C=C\CC)OC(=O)CCCCCCCCCCCCCCC. The molecule has 0 aromatic rings. The summed E-state index contributed by atoms with van der Waals surface area (Å²) in [6.45, 7) is 2.40. The van der Waals surface area contributed by atoms with E-state index in [1.165, 1.54) is 51.4 Å². The number of hydrogen-bond donors (Lipinski definition) is 4. The van der Waals surface area contributed by atoms with Crippen LogP contribution in [-0.2, 0) is 55.8 Å². The molecule has 0 aromatic heterocycles. The Hall–Kier alpha value is -3.79. The zero-order valence-electron chi connectivity index (χ0n) is 55.3. The lowest BCUT2D eigenvalue weighted by molar-refractivity contribution is -0.161. The van der Waals surface area contributed by atoms with Gasteiger partial charge in [-0.05, 0) is 103 Å². The second kappa shape index (κ2) is 64.3. The van der Waals surface area contributed by atoms with Gasteiger partial charge in [-0.3, -0.25) is 32.5 Å². The largest absolute Gasteiger partial charge is 0.472 e. The number of phosphoric ester groups is 2. The second-order valence-corrected chi connectivity index (χ2v) is 25.5. The first-order valence-electron chi connectivity index (χ1n) is 34.2. The molecule has 4 N–H and O–H groups in total. The number of esters is 3. The summed E-state index contributed by atoms with van der Waals surface area (Å²) in [6, 6.07) is 0.